The predicted molar refractivity (Wildman–Crippen MR) is 118 cm³/mol. The van der Waals surface area contributed by atoms with Gasteiger partial charge in [-0.2, -0.15) is 0 Å². The van der Waals surface area contributed by atoms with Gasteiger partial charge in [0, 0.05) is 27.7 Å². The van der Waals surface area contributed by atoms with Crippen molar-refractivity contribution >= 4 is 40.0 Å². The molecule has 0 radical (unpaired) electrons. The van der Waals surface area contributed by atoms with Crippen molar-refractivity contribution in [2.75, 3.05) is 5.32 Å². The van der Waals surface area contributed by atoms with E-state index in [1.54, 1.807) is 6.08 Å². The lowest BCUT2D eigenvalue weighted by atomic mass is 10.0. The number of amides is 1. The van der Waals surface area contributed by atoms with E-state index >= 15 is 0 Å². The number of halogens is 1. The Balaban J connectivity index is 1.34. The van der Waals surface area contributed by atoms with Crippen LogP contribution in [0.5, 0.6) is 0 Å². The summed E-state index contributed by atoms with van der Waals surface area (Å²) < 4.78 is 5.81. The van der Waals surface area contributed by atoms with Gasteiger partial charge in [-0.1, -0.05) is 35.9 Å². The number of furan rings is 1. The van der Waals surface area contributed by atoms with Gasteiger partial charge in [0.2, 0.25) is 5.91 Å². The summed E-state index contributed by atoms with van der Waals surface area (Å²) in [6.07, 6.45) is 5.30. The molecule has 142 valence electrons. The summed E-state index contributed by atoms with van der Waals surface area (Å²) in [5, 5.41) is 6.07. The van der Waals surface area contributed by atoms with Crippen LogP contribution in [-0.2, 0) is 17.6 Å². The molecule has 1 amide bonds. The zero-order chi connectivity index (χ0) is 19.8. The summed E-state index contributed by atoms with van der Waals surface area (Å²) in [6, 6.07) is 21.6. The highest BCUT2D eigenvalue weighted by Crippen LogP contribution is 2.35. The van der Waals surface area contributed by atoms with E-state index in [1.165, 1.54) is 22.6 Å². The van der Waals surface area contributed by atoms with Crippen LogP contribution in [0, 0.1) is 0 Å². The van der Waals surface area contributed by atoms with Gasteiger partial charge in [0.1, 0.15) is 11.5 Å². The van der Waals surface area contributed by atoms with E-state index in [9.17, 15) is 4.79 Å². The van der Waals surface area contributed by atoms with E-state index in [-0.39, 0.29) is 5.91 Å². The van der Waals surface area contributed by atoms with Crippen molar-refractivity contribution < 1.29 is 9.21 Å². The van der Waals surface area contributed by atoms with Gasteiger partial charge in [-0.05, 0) is 77.9 Å². The second kappa shape index (κ2) is 7.26. The SMILES string of the molecule is O=C(C=Cc1ccc(-c2ccc(Cl)cc2)o1)Nc1ccc2c3c(cccc13)CC2. The van der Waals surface area contributed by atoms with Crippen LogP contribution in [-0.4, -0.2) is 5.91 Å². The third-order valence-electron chi connectivity index (χ3n) is 5.29. The topological polar surface area (TPSA) is 42.2 Å². The molecule has 1 N–H and O–H groups in total. The molecule has 0 aliphatic heterocycles. The minimum absolute atomic E-state index is 0.187. The minimum atomic E-state index is -0.187. The highest BCUT2D eigenvalue weighted by Gasteiger charge is 2.16. The van der Waals surface area contributed by atoms with Crippen LogP contribution >= 0.6 is 11.6 Å². The number of carbonyl (C=O) groups is 1. The smallest absolute Gasteiger partial charge is 0.248 e. The summed E-state index contributed by atoms with van der Waals surface area (Å²) in [7, 11) is 0. The van der Waals surface area contributed by atoms with Crippen molar-refractivity contribution in [1.82, 2.24) is 0 Å². The number of nitrogens with one attached hydrogen (secondary N) is 1. The molecule has 0 unspecified atom stereocenters. The third kappa shape index (κ3) is 3.45. The molecule has 1 aliphatic carbocycles. The lowest BCUT2D eigenvalue weighted by Crippen LogP contribution is -2.08. The maximum Gasteiger partial charge on any atom is 0.248 e. The fourth-order valence-corrected chi connectivity index (χ4v) is 4.03. The Hall–Kier alpha value is -3.30. The Kier molecular flexibility index (Phi) is 4.45. The third-order valence-corrected chi connectivity index (χ3v) is 5.54. The zero-order valence-corrected chi connectivity index (χ0v) is 16.4. The highest BCUT2D eigenvalue weighted by atomic mass is 35.5. The first-order valence-electron chi connectivity index (χ1n) is 9.56. The van der Waals surface area contributed by atoms with Gasteiger partial charge in [-0.25, -0.2) is 0 Å². The molecule has 29 heavy (non-hydrogen) atoms. The van der Waals surface area contributed by atoms with Gasteiger partial charge in [0.25, 0.3) is 0 Å². The summed E-state index contributed by atoms with van der Waals surface area (Å²) in [5.74, 6) is 1.16. The number of rotatable bonds is 4. The van der Waals surface area contributed by atoms with Crippen molar-refractivity contribution in [3.8, 4) is 11.3 Å². The fourth-order valence-electron chi connectivity index (χ4n) is 3.90. The Labute approximate surface area is 173 Å². The Morgan fingerprint density at radius 2 is 1.72 bits per heavy atom. The molecule has 3 nitrogen and oxygen atoms in total. The van der Waals surface area contributed by atoms with Crippen molar-refractivity contribution in [2.24, 2.45) is 0 Å². The standard InChI is InChI=1S/C25H18ClNO2/c26-19-9-6-16(7-10-19)23-14-11-20(29-23)12-15-24(28)27-22-13-8-18-5-4-17-2-1-3-21(22)25(17)18/h1-3,6-15H,4-5H2,(H,27,28). The summed E-state index contributed by atoms with van der Waals surface area (Å²) >= 11 is 5.93. The first-order chi connectivity index (χ1) is 14.2. The molecule has 1 aliphatic rings. The van der Waals surface area contributed by atoms with Crippen LogP contribution < -0.4 is 5.32 Å². The van der Waals surface area contributed by atoms with Crippen LogP contribution in [0.15, 0.2) is 77.2 Å². The quantitative estimate of drug-likeness (QED) is 0.398. The number of benzene rings is 3. The average molecular weight is 400 g/mol. The van der Waals surface area contributed by atoms with Crippen LogP contribution in [0.3, 0.4) is 0 Å². The van der Waals surface area contributed by atoms with E-state index in [0.29, 0.717) is 10.8 Å². The normalized spacial score (nSPS) is 12.7. The molecule has 0 fully saturated rings. The largest absolute Gasteiger partial charge is 0.457 e. The van der Waals surface area contributed by atoms with Gasteiger partial charge in [-0.3, -0.25) is 4.79 Å². The first kappa shape index (κ1) is 17.8. The van der Waals surface area contributed by atoms with E-state index in [0.717, 1.165) is 35.2 Å². The number of aryl methyl sites for hydroxylation is 2. The fraction of sp³-hybridized carbons (Fsp3) is 0.0800. The van der Waals surface area contributed by atoms with E-state index in [1.807, 2.05) is 42.5 Å². The molecule has 3 aromatic carbocycles. The molecule has 0 saturated heterocycles. The average Bonchev–Trinajstić information content (AvgIpc) is 3.37. The lowest BCUT2D eigenvalue weighted by Gasteiger charge is -2.09. The molecule has 4 heteroatoms. The van der Waals surface area contributed by atoms with E-state index in [2.05, 4.69) is 29.6 Å². The zero-order valence-electron chi connectivity index (χ0n) is 15.6. The van der Waals surface area contributed by atoms with Crippen molar-refractivity contribution in [2.45, 2.75) is 12.8 Å². The Bertz CT molecular complexity index is 1240. The van der Waals surface area contributed by atoms with Crippen LogP contribution in [0.25, 0.3) is 28.2 Å². The molecule has 0 bridgehead atoms. The van der Waals surface area contributed by atoms with Gasteiger partial charge in [0.15, 0.2) is 0 Å². The first-order valence-corrected chi connectivity index (χ1v) is 9.93. The predicted octanol–water partition coefficient (Wildman–Crippen LogP) is 6.50. The molecule has 1 aromatic heterocycles. The molecule has 0 atom stereocenters. The number of carbonyl (C=O) groups excluding carboxylic acids is 1. The van der Waals surface area contributed by atoms with E-state index < -0.39 is 0 Å². The van der Waals surface area contributed by atoms with Gasteiger partial charge < -0.3 is 9.73 Å². The van der Waals surface area contributed by atoms with Crippen LogP contribution in [0.4, 0.5) is 5.69 Å². The van der Waals surface area contributed by atoms with Gasteiger partial charge in [-0.15, -0.1) is 0 Å². The lowest BCUT2D eigenvalue weighted by molar-refractivity contribution is -0.111. The van der Waals surface area contributed by atoms with Crippen LogP contribution in [0.1, 0.15) is 16.9 Å². The number of anilines is 1. The molecule has 0 spiro atoms. The minimum Gasteiger partial charge on any atom is -0.457 e. The molecule has 4 aromatic rings. The summed E-state index contributed by atoms with van der Waals surface area (Å²) in [6.45, 7) is 0. The second-order valence-electron chi connectivity index (χ2n) is 7.14. The summed E-state index contributed by atoms with van der Waals surface area (Å²) in [5.41, 5.74) is 4.48. The summed E-state index contributed by atoms with van der Waals surface area (Å²) in [4.78, 5) is 12.5. The highest BCUT2D eigenvalue weighted by molar-refractivity contribution is 6.30. The molecular weight excluding hydrogens is 382 g/mol. The molecule has 1 heterocycles. The van der Waals surface area contributed by atoms with Crippen molar-refractivity contribution in [1.29, 1.82) is 0 Å². The van der Waals surface area contributed by atoms with Crippen LogP contribution in [0.2, 0.25) is 5.02 Å². The molecular formula is C25H18ClNO2. The number of hydrogen-bond acceptors (Lipinski definition) is 2. The Morgan fingerprint density at radius 1 is 0.931 bits per heavy atom. The van der Waals surface area contributed by atoms with Gasteiger partial charge in [0.05, 0.1) is 0 Å². The number of hydrogen-bond donors (Lipinski definition) is 1. The van der Waals surface area contributed by atoms with Gasteiger partial charge >= 0.3 is 0 Å². The molecule has 5 rings (SSSR count). The second-order valence-corrected chi connectivity index (χ2v) is 7.58. The van der Waals surface area contributed by atoms with Crippen molar-refractivity contribution in [3.05, 3.63) is 94.7 Å². The van der Waals surface area contributed by atoms with Crippen molar-refractivity contribution in [3.63, 3.8) is 0 Å². The maximum atomic E-state index is 12.5. The van der Waals surface area contributed by atoms with E-state index in [4.69, 9.17) is 16.0 Å². The molecule has 0 saturated carbocycles. The Morgan fingerprint density at radius 3 is 2.55 bits per heavy atom. The monoisotopic (exact) mass is 399 g/mol. The maximum absolute atomic E-state index is 12.5.